The maximum Gasteiger partial charge on any atom is 0.0411 e. The van der Waals surface area contributed by atoms with Crippen molar-refractivity contribution in [3.05, 3.63) is 35.4 Å². The number of benzene rings is 1. The molecule has 2 saturated carbocycles. The topological polar surface area (TPSA) is 52.0 Å². The Balaban J connectivity index is 1.91. The lowest BCUT2D eigenvalue weighted by atomic mass is 10.00. The Labute approximate surface area is 84.3 Å². The molecule has 74 valence electrons. The zero-order chi connectivity index (χ0) is 9.81. The second-order valence-electron chi connectivity index (χ2n) is 4.89. The molecule has 1 aromatic carbocycles. The number of hydrogen-bond donors (Lipinski definition) is 2. The van der Waals surface area contributed by atoms with Crippen molar-refractivity contribution in [1.29, 1.82) is 0 Å². The summed E-state index contributed by atoms with van der Waals surface area (Å²) in [5.41, 5.74) is 14.7. The minimum atomic E-state index is -0.0101. The normalized spacial score (nSPS) is 25.9. The maximum atomic E-state index is 6.11. The van der Waals surface area contributed by atoms with Crippen LogP contribution in [-0.2, 0) is 11.1 Å². The summed E-state index contributed by atoms with van der Waals surface area (Å²) < 4.78 is 0. The first kappa shape index (κ1) is 8.45. The van der Waals surface area contributed by atoms with E-state index in [0.29, 0.717) is 0 Å². The summed E-state index contributed by atoms with van der Waals surface area (Å²) in [5.74, 6) is 0. The van der Waals surface area contributed by atoms with Gasteiger partial charge in [-0.1, -0.05) is 24.3 Å². The van der Waals surface area contributed by atoms with Crippen LogP contribution in [0.25, 0.3) is 0 Å². The molecule has 0 bridgehead atoms. The zero-order valence-electron chi connectivity index (χ0n) is 8.29. The summed E-state index contributed by atoms with van der Waals surface area (Å²) in [7, 11) is 0. The lowest BCUT2D eigenvalue weighted by Crippen LogP contribution is -2.21. The molecule has 0 aromatic heterocycles. The van der Waals surface area contributed by atoms with Crippen LogP contribution >= 0.6 is 0 Å². The van der Waals surface area contributed by atoms with Crippen LogP contribution in [0.5, 0.6) is 0 Å². The molecule has 2 nitrogen and oxygen atoms in total. The average Bonchev–Trinajstić information content (AvgIpc) is 3.08. The van der Waals surface area contributed by atoms with E-state index in [1.54, 1.807) is 0 Å². The van der Waals surface area contributed by atoms with Crippen molar-refractivity contribution in [1.82, 2.24) is 0 Å². The van der Waals surface area contributed by atoms with Gasteiger partial charge in [0.1, 0.15) is 0 Å². The summed E-state index contributed by atoms with van der Waals surface area (Å²) in [6.45, 7) is 0. The Morgan fingerprint density at radius 2 is 1.00 bits per heavy atom. The van der Waals surface area contributed by atoms with Crippen LogP contribution in [-0.4, -0.2) is 0 Å². The third-order valence-corrected chi connectivity index (χ3v) is 3.61. The van der Waals surface area contributed by atoms with Gasteiger partial charge in [-0.25, -0.2) is 0 Å². The molecule has 0 unspecified atom stereocenters. The smallest absolute Gasteiger partial charge is 0.0411 e. The van der Waals surface area contributed by atoms with Gasteiger partial charge >= 0.3 is 0 Å². The van der Waals surface area contributed by atoms with Crippen LogP contribution < -0.4 is 11.5 Å². The monoisotopic (exact) mass is 188 g/mol. The quantitative estimate of drug-likeness (QED) is 0.740. The van der Waals surface area contributed by atoms with Gasteiger partial charge in [0.25, 0.3) is 0 Å². The summed E-state index contributed by atoms with van der Waals surface area (Å²) in [5, 5.41) is 0. The largest absolute Gasteiger partial charge is 0.321 e. The Morgan fingerprint density at radius 1 is 0.714 bits per heavy atom. The third kappa shape index (κ3) is 1.18. The fraction of sp³-hybridized carbons (Fsp3) is 0.500. The van der Waals surface area contributed by atoms with E-state index < -0.39 is 0 Å². The lowest BCUT2D eigenvalue weighted by molar-refractivity contribution is 0.722. The predicted molar refractivity (Wildman–Crippen MR) is 56.6 cm³/mol. The SMILES string of the molecule is NC1(c2ccc(C3(N)CC3)cc2)CC1. The standard InChI is InChI=1S/C12H16N2/c13-11(5-6-11)9-1-2-10(4-3-9)12(14)7-8-12/h1-4H,5-8,13-14H2. The van der Waals surface area contributed by atoms with Gasteiger partial charge in [0, 0.05) is 11.1 Å². The number of nitrogens with two attached hydrogens (primary N) is 2. The van der Waals surface area contributed by atoms with Crippen molar-refractivity contribution in [3.8, 4) is 0 Å². The molecular weight excluding hydrogens is 172 g/mol. The van der Waals surface area contributed by atoms with Crippen molar-refractivity contribution in [3.63, 3.8) is 0 Å². The first-order valence-corrected chi connectivity index (χ1v) is 5.31. The highest BCUT2D eigenvalue weighted by Gasteiger charge is 2.42. The van der Waals surface area contributed by atoms with Crippen LogP contribution in [0.2, 0.25) is 0 Å². The average molecular weight is 188 g/mol. The number of hydrogen-bond acceptors (Lipinski definition) is 2. The van der Waals surface area contributed by atoms with Gasteiger partial charge in [0.05, 0.1) is 0 Å². The first-order valence-electron chi connectivity index (χ1n) is 5.31. The summed E-state index contributed by atoms with van der Waals surface area (Å²) in [4.78, 5) is 0. The summed E-state index contributed by atoms with van der Waals surface area (Å²) in [6.07, 6.45) is 4.50. The number of rotatable bonds is 2. The lowest BCUT2D eigenvalue weighted by Gasteiger charge is -2.12. The molecule has 2 fully saturated rings. The van der Waals surface area contributed by atoms with E-state index in [0.717, 1.165) is 25.7 Å². The van der Waals surface area contributed by atoms with Crippen molar-refractivity contribution in [2.24, 2.45) is 11.5 Å². The molecule has 0 radical (unpaired) electrons. The molecular formula is C12H16N2. The Hall–Kier alpha value is -0.860. The molecule has 0 amide bonds. The minimum absolute atomic E-state index is 0.0101. The molecule has 2 aliphatic carbocycles. The van der Waals surface area contributed by atoms with Crippen molar-refractivity contribution in [2.75, 3.05) is 0 Å². The van der Waals surface area contributed by atoms with Crippen LogP contribution in [0.4, 0.5) is 0 Å². The van der Waals surface area contributed by atoms with Crippen LogP contribution in [0.1, 0.15) is 36.8 Å². The highest BCUT2D eigenvalue weighted by atomic mass is 14.8. The molecule has 0 atom stereocenters. The van der Waals surface area contributed by atoms with E-state index in [4.69, 9.17) is 11.5 Å². The second-order valence-corrected chi connectivity index (χ2v) is 4.89. The fourth-order valence-corrected chi connectivity index (χ4v) is 1.98. The second kappa shape index (κ2) is 2.38. The molecule has 0 heterocycles. The molecule has 1 aromatic rings. The summed E-state index contributed by atoms with van der Waals surface area (Å²) >= 11 is 0. The van der Waals surface area contributed by atoms with E-state index in [1.807, 2.05) is 0 Å². The van der Waals surface area contributed by atoms with Crippen LogP contribution in [0.3, 0.4) is 0 Å². The molecule has 0 aliphatic heterocycles. The van der Waals surface area contributed by atoms with Crippen molar-refractivity contribution in [2.45, 2.75) is 36.8 Å². The minimum Gasteiger partial charge on any atom is -0.321 e. The zero-order valence-corrected chi connectivity index (χ0v) is 8.29. The molecule has 14 heavy (non-hydrogen) atoms. The Morgan fingerprint density at radius 3 is 1.21 bits per heavy atom. The van der Waals surface area contributed by atoms with Gasteiger partial charge in [-0.15, -0.1) is 0 Å². The third-order valence-electron chi connectivity index (χ3n) is 3.61. The molecule has 3 rings (SSSR count). The maximum absolute atomic E-state index is 6.11. The molecule has 4 N–H and O–H groups in total. The van der Waals surface area contributed by atoms with Gasteiger partial charge in [-0.05, 0) is 36.8 Å². The van der Waals surface area contributed by atoms with Crippen LogP contribution in [0, 0.1) is 0 Å². The first-order chi connectivity index (χ1) is 6.62. The van der Waals surface area contributed by atoms with E-state index in [2.05, 4.69) is 24.3 Å². The van der Waals surface area contributed by atoms with Gasteiger partial charge in [-0.2, -0.15) is 0 Å². The van der Waals surface area contributed by atoms with E-state index in [9.17, 15) is 0 Å². The van der Waals surface area contributed by atoms with Crippen molar-refractivity contribution < 1.29 is 0 Å². The highest BCUT2D eigenvalue weighted by molar-refractivity contribution is 5.36. The Bertz CT molecular complexity index is 321. The Kier molecular flexibility index (Phi) is 1.44. The fourth-order valence-electron chi connectivity index (χ4n) is 1.98. The van der Waals surface area contributed by atoms with Gasteiger partial charge in [0.2, 0.25) is 0 Å². The van der Waals surface area contributed by atoms with Crippen LogP contribution in [0.15, 0.2) is 24.3 Å². The van der Waals surface area contributed by atoms with Gasteiger partial charge in [0.15, 0.2) is 0 Å². The molecule has 2 heteroatoms. The molecule has 2 aliphatic rings. The van der Waals surface area contributed by atoms with E-state index >= 15 is 0 Å². The predicted octanol–water partition coefficient (Wildman–Crippen LogP) is 1.58. The highest BCUT2D eigenvalue weighted by Crippen LogP contribution is 2.45. The van der Waals surface area contributed by atoms with E-state index in [1.165, 1.54) is 11.1 Å². The molecule has 0 saturated heterocycles. The van der Waals surface area contributed by atoms with Gasteiger partial charge < -0.3 is 11.5 Å². The summed E-state index contributed by atoms with van der Waals surface area (Å²) in [6, 6.07) is 8.59. The van der Waals surface area contributed by atoms with Crippen molar-refractivity contribution >= 4 is 0 Å². The van der Waals surface area contributed by atoms with E-state index in [-0.39, 0.29) is 11.1 Å². The van der Waals surface area contributed by atoms with Gasteiger partial charge in [-0.3, -0.25) is 0 Å². The molecule has 0 spiro atoms.